The molecule has 1 aliphatic rings. The van der Waals surface area contributed by atoms with E-state index in [0.717, 1.165) is 23.1 Å². The highest BCUT2D eigenvalue weighted by molar-refractivity contribution is 6.13. The van der Waals surface area contributed by atoms with Gasteiger partial charge in [0.1, 0.15) is 0 Å². The molecular weight excluding hydrogens is 184 g/mol. The van der Waals surface area contributed by atoms with Gasteiger partial charge in [0, 0.05) is 5.57 Å². The maximum atomic E-state index is 11.8. The number of hydrogen-bond donors (Lipinski definition) is 0. The van der Waals surface area contributed by atoms with Crippen LogP contribution in [0.2, 0.25) is 0 Å². The molecular formula is C14H14O. The second-order valence-electron chi connectivity index (χ2n) is 3.99. The second kappa shape index (κ2) is 3.85. The van der Waals surface area contributed by atoms with Gasteiger partial charge in [0.15, 0.2) is 5.78 Å². The number of hydrogen-bond acceptors (Lipinski definition) is 1. The van der Waals surface area contributed by atoms with Crippen molar-refractivity contribution in [2.75, 3.05) is 0 Å². The fourth-order valence-electron chi connectivity index (χ4n) is 1.80. The summed E-state index contributed by atoms with van der Waals surface area (Å²) < 4.78 is 0. The van der Waals surface area contributed by atoms with E-state index in [2.05, 4.69) is 0 Å². The molecule has 0 N–H and O–H groups in total. The van der Waals surface area contributed by atoms with Crippen molar-refractivity contribution < 1.29 is 4.79 Å². The molecule has 1 heteroatoms. The molecule has 2 rings (SSSR count). The van der Waals surface area contributed by atoms with E-state index in [1.807, 2.05) is 50.3 Å². The zero-order valence-corrected chi connectivity index (χ0v) is 9.08. The number of carbonyl (C=O) groups is 1. The minimum atomic E-state index is 0.205. The first kappa shape index (κ1) is 9.91. The van der Waals surface area contributed by atoms with Crippen LogP contribution in [0.15, 0.2) is 47.1 Å². The van der Waals surface area contributed by atoms with Crippen LogP contribution in [-0.2, 0) is 4.79 Å². The molecule has 0 amide bonds. The highest BCUT2D eigenvalue weighted by Crippen LogP contribution is 2.28. The summed E-state index contributed by atoms with van der Waals surface area (Å²) in [5.74, 6) is 0.205. The lowest BCUT2D eigenvalue weighted by Crippen LogP contribution is -1.95. The molecule has 0 bridgehead atoms. The summed E-state index contributed by atoms with van der Waals surface area (Å²) in [6.07, 6.45) is 2.79. The Morgan fingerprint density at radius 1 is 1.13 bits per heavy atom. The average molecular weight is 198 g/mol. The van der Waals surface area contributed by atoms with E-state index in [9.17, 15) is 4.79 Å². The van der Waals surface area contributed by atoms with Gasteiger partial charge in [-0.1, -0.05) is 35.9 Å². The van der Waals surface area contributed by atoms with E-state index in [4.69, 9.17) is 0 Å². The topological polar surface area (TPSA) is 17.1 Å². The number of benzene rings is 1. The molecule has 76 valence electrons. The van der Waals surface area contributed by atoms with Gasteiger partial charge in [-0.25, -0.2) is 0 Å². The van der Waals surface area contributed by atoms with Crippen molar-refractivity contribution in [1.82, 2.24) is 0 Å². The summed E-state index contributed by atoms with van der Waals surface area (Å²) in [6, 6.07) is 9.98. The van der Waals surface area contributed by atoms with Crippen LogP contribution >= 0.6 is 0 Å². The first-order valence-electron chi connectivity index (χ1n) is 5.15. The van der Waals surface area contributed by atoms with Gasteiger partial charge in [0.05, 0.1) is 0 Å². The van der Waals surface area contributed by atoms with Crippen LogP contribution in [0.5, 0.6) is 0 Å². The molecule has 1 aromatic carbocycles. The van der Waals surface area contributed by atoms with Crippen molar-refractivity contribution in [2.24, 2.45) is 0 Å². The minimum Gasteiger partial charge on any atom is -0.289 e. The number of carbonyl (C=O) groups excluding carboxylic acids is 1. The van der Waals surface area contributed by atoms with Gasteiger partial charge in [-0.05, 0) is 37.5 Å². The van der Waals surface area contributed by atoms with Crippen LogP contribution in [0, 0.1) is 0 Å². The smallest absolute Gasteiger partial charge is 0.185 e. The molecule has 0 saturated carbocycles. The SMILES string of the molecule is CC1=C(C)C(=O)/C(=C\c2ccccc2)C1. The molecule has 15 heavy (non-hydrogen) atoms. The Balaban J connectivity index is 2.30. The zero-order chi connectivity index (χ0) is 10.8. The van der Waals surface area contributed by atoms with E-state index < -0.39 is 0 Å². The van der Waals surface area contributed by atoms with Gasteiger partial charge in [-0.3, -0.25) is 4.79 Å². The molecule has 0 aliphatic heterocycles. The molecule has 0 aromatic heterocycles. The van der Waals surface area contributed by atoms with Gasteiger partial charge in [-0.15, -0.1) is 0 Å². The Kier molecular flexibility index (Phi) is 2.55. The quantitative estimate of drug-likeness (QED) is 0.632. The predicted molar refractivity (Wildman–Crippen MR) is 62.4 cm³/mol. The largest absolute Gasteiger partial charge is 0.289 e. The van der Waals surface area contributed by atoms with E-state index in [1.54, 1.807) is 0 Å². The van der Waals surface area contributed by atoms with Crippen LogP contribution < -0.4 is 0 Å². The predicted octanol–water partition coefficient (Wildman–Crippen LogP) is 3.38. The van der Waals surface area contributed by atoms with Crippen LogP contribution in [0.3, 0.4) is 0 Å². The first-order chi connectivity index (χ1) is 7.18. The molecule has 0 spiro atoms. The second-order valence-corrected chi connectivity index (χ2v) is 3.99. The summed E-state index contributed by atoms with van der Waals surface area (Å²) >= 11 is 0. The molecule has 0 atom stereocenters. The minimum absolute atomic E-state index is 0.205. The fourth-order valence-corrected chi connectivity index (χ4v) is 1.80. The third kappa shape index (κ3) is 1.91. The summed E-state index contributed by atoms with van der Waals surface area (Å²) in [5.41, 5.74) is 4.12. The lowest BCUT2D eigenvalue weighted by Gasteiger charge is -1.96. The van der Waals surface area contributed by atoms with Crippen molar-refractivity contribution in [1.29, 1.82) is 0 Å². The fraction of sp³-hybridized carbons (Fsp3) is 0.214. The van der Waals surface area contributed by atoms with Crippen molar-refractivity contribution in [2.45, 2.75) is 20.3 Å². The Morgan fingerprint density at radius 3 is 2.33 bits per heavy atom. The monoisotopic (exact) mass is 198 g/mol. The zero-order valence-electron chi connectivity index (χ0n) is 9.08. The maximum absolute atomic E-state index is 11.8. The summed E-state index contributed by atoms with van der Waals surface area (Å²) in [5, 5.41) is 0. The molecule has 0 saturated heterocycles. The Labute approximate surface area is 90.1 Å². The van der Waals surface area contributed by atoms with Gasteiger partial charge < -0.3 is 0 Å². The van der Waals surface area contributed by atoms with Gasteiger partial charge in [-0.2, -0.15) is 0 Å². The highest BCUT2D eigenvalue weighted by Gasteiger charge is 2.21. The Morgan fingerprint density at radius 2 is 1.80 bits per heavy atom. The molecule has 0 fully saturated rings. The number of allylic oxidation sites excluding steroid dienone is 3. The van der Waals surface area contributed by atoms with Crippen LogP contribution in [0.1, 0.15) is 25.8 Å². The summed E-state index contributed by atoms with van der Waals surface area (Å²) in [6.45, 7) is 3.93. The Bertz CT molecular complexity index is 449. The standard InChI is InChI=1S/C14H14O/c1-10-8-13(14(15)11(10)2)9-12-6-4-3-5-7-12/h3-7,9H,8H2,1-2H3/b13-9-. The van der Waals surface area contributed by atoms with E-state index in [1.165, 1.54) is 5.57 Å². The third-order valence-corrected chi connectivity index (χ3v) is 2.87. The third-order valence-electron chi connectivity index (χ3n) is 2.87. The van der Waals surface area contributed by atoms with Gasteiger partial charge in [0.25, 0.3) is 0 Å². The molecule has 0 unspecified atom stereocenters. The normalized spacial score (nSPS) is 19.1. The number of ketones is 1. The van der Waals surface area contributed by atoms with Crippen LogP contribution in [-0.4, -0.2) is 5.78 Å². The van der Waals surface area contributed by atoms with Gasteiger partial charge in [0.2, 0.25) is 0 Å². The molecule has 0 radical (unpaired) electrons. The molecule has 0 heterocycles. The van der Waals surface area contributed by atoms with Crippen molar-refractivity contribution >= 4 is 11.9 Å². The van der Waals surface area contributed by atoms with E-state index in [0.29, 0.717) is 0 Å². The summed E-state index contributed by atoms with van der Waals surface area (Å²) in [4.78, 5) is 11.8. The first-order valence-corrected chi connectivity index (χ1v) is 5.15. The maximum Gasteiger partial charge on any atom is 0.185 e. The lowest BCUT2D eigenvalue weighted by atomic mass is 10.1. The van der Waals surface area contributed by atoms with Gasteiger partial charge >= 0.3 is 0 Å². The molecule has 1 nitrogen and oxygen atoms in total. The molecule has 1 aromatic rings. The highest BCUT2D eigenvalue weighted by atomic mass is 16.1. The molecule has 1 aliphatic carbocycles. The number of rotatable bonds is 1. The van der Waals surface area contributed by atoms with E-state index >= 15 is 0 Å². The van der Waals surface area contributed by atoms with E-state index in [-0.39, 0.29) is 5.78 Å². The summed E-state index contributed by atoms with van der Waals surface area (Å²) in [7, 11) is 0. The Hall–Kier alpha value is -1.63. The van der Waals surface area contributed by atoms with Crippen LogP contribution in [0.25, 0.3) is 6.08 Å². The average Bonchev–Trinajstić information content (AvgIpc) is 2.48. The number of Topliss-reactive ketones (excluding diaryl/α,β-unsaturated/α-hetero) is 1. The van der Waals surface area contributed by atoms with Crippen molar-refractivity contribution in [3.63, 3.8) is 0 Å². The van der Waals surface area contributed by atoms with Crippen molar-refractivity contribution in [3.05, 3.63) is 52.6 Å². The lowest BCUT2D eigenvalue weighted by molar-refractivity contribution is -0.111. The van der Waals surface area contributed by atoms with Crippen LogP contribution in [0.4, 0.5) is 0 Å². The van der Waals surface area contributed by atoms with Crippen molar-refractivity contribution in [3.8, 4) is 0 Å².